The topological polar surface area (TPSA) is 37.3 Å². The summed E-state index contributed by atoms with van der Waals surface area (Å²) in [6.45, 7) is 0. The summed E-state index contributed by atoms with van der Waals surface area (Å²) in [5.74, 6) is -0.824. The fourth-order valence-corrected chi connectivity index (χ4v) is 1.75. The molecule has 2 nitrogen and oxygen atoms in total. The molecule has 0 saturated heterocycles. The van der Waals surface area contributed by atoms with Crippen LogP contribution in [0.25, 0.3) is 0 Å². The van der Waals surface area contributed by atoms with Crippen LogP contribution in [0, 0.1) is 0 Å². The summed E-state index contributed by atoms with van der Waals surface area (Å²) >= 11 is 5.86. The first-order valence-electron chi connectivity index (χ1n) is 5.08. The van der Waals surface area contributed by atoms with E-state index in [1.807, 2.05) is 18.2 Å². The Balaban J connectivity index is 2.19. The third-order valence-electron chi connectivity index (χ3n) is 2.22. The van der Waals surface area contributed by atoms with Crippen LogP contribution in [0.15, 0.2) is 30.3 Å². The van der Waals surface area contributed by atoms with Crippen LogP contribution < -0.4 is 0 Å². The van der Waals surface area contributed by atoms with Crippen molar-refractivity contribution in [3.8, 4) is 0 Å². The van der Waals surface area contributed by atoms with Gasteiger partial charge in [0.1, 0.15) is 0 Å². The maximum Gasteiger partial charge on any atom is 0.304 e. The second-order valence-corrected chi connectivity index (χ2v) is 4.19. The molecule has 0 saturated carbocycles. The lowest BCUT2D eigenvalue weighted by Gasteiger charge is -2.06. The van der Waals surface area contributed by atoms with Gasteiger partial charge >= 0.3 is 5.97 Å². The Labute approximate surface area is 94.9 Å². The molecule has 82 valence electrons. The van der Waals surface area contributed by atoms with E-state index in [1.165, 1.54) is 5.56 Å². The second kappa shape index (κ2) is 6.46. The van der Waals surface area contributed by atoms with Gasteiger partial charge in [-0.25, -0.2) is 0 Å². The number of benzene rings is 1. The van der Waals surface area contributed by atoms with Gasteiger partial charge in [0, 0.05) is 5.38 Å². The zero-order valence-corrected chi connectivity index (χ0v) is 9.28. The van der Waals surface area contributed by atoms with E-state index < -0.39 is 5.97 Å². The Morgan fingerprint density at radius 3 is 2.60 bits per heavy atom. The third kappa shape index (κ3) is 5.43. The van der Waals surface area contributed by atoms with Gasteiger partial charge in [0.15, 0.2) is 0 Å². The van der Waals surface area contributed by atoms with E-state index in [0.29, 0.717) is 0 Å². The standard InChI is InChI=1S/C12H15ClO2/c13-11(9-12(14)15)8-4-7-10-5-2-1-3-6-10/h1-3,5-6,11H,4,7-9H2,(H,14,15). The van der Waals surface area contributed by atoms with E-state index in [1.54, 1.807) is 0 Å². The van der Waals surface area contributed by atoms with Crippen molar-refractivity contribution in [1.29, 1.82) is 0 Å². The van der Waals surface area contributed by atoms with Gasteiger partial charge in [-0.2, -0.15) is 0 Å². The molecule has 3 heteroatoms. The molecule has 0 fully saturated rings. The molecule has 0 heterocycles. The average molecular weight is 227 g/mol. The molecule has 0 aliphatic carbocycles. The minimum Gasteiger partial charge on any atom is -0.481 e. The van der Waals surface area contributed by atoms with Crippen LogP contribution in [-0.4, -0.2) is 16.5 Å². The molecule has 15 heavy (non-hydrogen) atoms. The highest BCUT2D eigenvalue weighted by Gasteiger charge is 2.08. The van der Waals surface area contributed by atoms with Crippen molar-refractivity contribution in [3.63, 3.8) is 0 Å². The molecule has 0 aliphatic heterocycles. The maximum absolute atomic E-state index is 10.4. The molecule has 0 aliphatic rings. The number of carboxylic acids is 1. The van der Waals surface area contributed by atoms with Crippen molar-refractivity contribution in [2.75, 3.05) is 0 Å². The number of alkyl halides is 1. The Morgan fingerprint density at radius 1 is 1.33 bits per heavy atom. The van der Waals surface area contributed by atoms with Crippen LogP contribution in [0.1, 0.15) is 24.8 Å². The number of rotatable bonds is 6. The molecule has 1 atom stereocenters. The average Bonchev–Trinajstić information content (AvgIpc) is 2.18. The van der Waals surface area contributed by atoms with Crippen LogP contribution in [0.3, 0.4) is 0 Å². The Bertz CT molecular complexity index is 298. The van der Waals surface area contributed by atoms with E-state index in [2.05, 4.69) is 12.1 Å². The maximum atomic E-state index is 10.4. The highest BCUT2D eigenvalue weighted by atomic mass is 35.5. The molecule has 0 bridgehead atoms. The summed E-state index contributed by atoms with van der Waals surface area (Å²) in [4.78, 5) is 10.4. The van der Waals surface area contributed by atoms with Crippen LogP contribution in [-0.2, 0) is 11.2 Å². The number of aryl methyl sites for hydroxylation is 1. The fourth-order valence-electron chi connectivity index (χ4n) is 1.46. The Kier molecular flexibility index (Phi) is 5.19. The van der Waals surface area contributed by atoms with Gasteiger partial charge in [0.05, 0.1) is 6.42 Å². The number of carbonyl (C=O) groups is 1. The molecule has 1 N–H and O–H groups in total. The number of hydrogen-bond acceptors (Lipinski definition) is 1. The van der Waals surface area contributed by atoms with E-state index in [0.717, 1.165) is 19.3 Å². The molecule has 0 amide bonds. The predicted molar refractivity (Wildman–Crippen MR) is 61.3 cm³/mol. The van der Waals surface area contributed by atoms with Crippen molar-refractivity contribution in [2.24, 2.45) is 0 Å². The van der Waals surface area contributed by atoms with Crippen molar-refractivity contribution in [1.82, 2.24) is 0 Å². The largest absolute Gasteiger partial charge is 0.481 e. The quantitative estimate of drug-likeness (QED) is 0.757. The third-order valence-corrected chi connectivity index (χ3v) is 2.59. The van der Waals surface area contributed by atoms with Crippen molar-refractivity contribution < 1.29 is 9.90 Å². The minimum atomic E-state index is -0.824. The van der Waals surface area contributed by atoms with Crippen molar-refractivity contribution in [2.45, 2.75) is 31.1 Å². The van der Waals surface area contributed by atoms with Gasteiger partial charge in [0.25, 0.3) is 0 Å². The number of halogens is 1. The Hall–Kier alpha value is -1.02. The van der Waals surface area contributed by atoms with Crippen molar-refractivity contribution >= 4 is 17.6 Å². The van der Waals surface area contributed by atoms with Gasteiger partial charge in [-0.3, -0.25) is 4.79 Å². The van der Waals surface area contributed by atoms with Crippen molar-refractivity contribution in [3.05, 3.63) is 35.9 Å². The lowest BCUT2D eigenvalue weighted by Crippen LogP contribution is -2.07. The van der Waals surface area contributed by atoms with E-state index >= 15 is 0 Å². The highest BCUT2D eigenvalue weighted by molar-refractivity contribution is 6.21. The van der Waals surface area contributed by atoms with Gasteiger partial charge in [-0.15, -0.1) is 11.6 Å². The molecular weight excluding hydrogens is 212 g/mol. The SMILES string of the molecule is O=C(O)CC(Cl)CCCc1ccccc1. The van der Waals surface area contributed by atoms with E-state index in [4.69, 9.17) is 16.7 Å². The van der Waals surface area contributed by atoms with Gasteiger partial charge in [0.2, 0.25) is 0 Å². The first-order valence-corrected chi connectivity index (χ1v) is 5.52. The van der Waals surface area contributed by atoms with Gasteiger partial charge in [-0.05, 0) is 24.8 Å². The van der Waals surface area contributed by atoms with Crippen LogP contribution >= 0.6 is 11.6 Å². The zero-order valence-electron chi connectivity index (χ0n) is 8.53. The molecule has 0 aromatic heterocycles. The molecule has 0 radical (unpaired) electrons. The number of carboxylic acid groups (broad SMARTS) is 1. The summed E-state index contributed by atoms with van der Waals surface area (Å²) in [7, 11) is 0. The summed E-state index contributed by atoms with van der Waals surface area (Å²) in [5.41, 5.74) is 1.27. The van der Waals surface area contributed by atoms with E-state index in [9.17, 15) is 4.79 Å². The summed E-state index contributed by atoms with van der Waals surface area (Å²) < 4.78 is 0. The highest BCUT2D eigenvalue weighted by Crippen LogP contribution is 2.12. The molecule has 1 aromatic rings. The lowest BCUT2D eigenvalue weighted by molar-refractivity contribution is -0.137. The number of hydrogen-bond donors (Lipinski definition) is 1. The normalized spacial score (nSPS) is 12.3. The van der Waals surface area contributed by atoms with E-state index in [-0.39, 0.29) is 11.8 Å². The van der Waals surface area contributed by atoms with Crippen LogP contribution in [0.5, 0.6) is 0 Å². The van der Waals surface area contributed by atoms with Gasteiger partial charge < -0.3 is 5.11 Å². The summed E-state index contributed by atoms with van der Waals surface area (Å²) in [6.07, 6.45) is 2.70. The number of aliphatic carboxylic acids is 1. The second-order valence-electron chi connectivity index (χ2n) is 3.57. The smallest absolute Gasteiger partial charge is 0.304 e. The zero-order chi connectivity index (χ0) is 11.1. The van der Waals surface area contributed by atoms with Crippen LogP contribution in [0.2, 0.25) is 0 Å². The summed E-state index contributed by atoms with van der Waals surface area (Å²) in [5, 5.41) is 8.27. The minimum absolute atomic E-state index is 0.0519. The van der Waals surface area contributed by atoms with Crippen LogP contribution in [0.4, 0.5) is 0 Å². The molecular formula is C12H15ClO2. The fraction of sp³-hybridized carbons (Fsp3) is 0.417. The lowest BCUT2D eigenvalue weighted by atomic mass is 10.1. The first kappa shape index (κ1) is 12.1. The Morgan fingerprint density at radius 2 is 2.00 bits per heavy atom. The monoisotopic (exact) mass is 226 g/mol. The first-order chi connectivity index (χ1) is 7.18. The van der Waals surface area contributed by atoms with Gasteiger partial charge in [-0.1, -0.05) is 30.3 Å². The molecule has 1 unspecified atom stereocenters. The molecule has 0 spiro atoms. The summed E-state index contributed by atoms with van der Waals surface area (Å²) in [6, 6.07) is 10.1. The molecule has 1 rings (SSSR count). The predicted octanol–water partition coefficient (Wildman–Crippen LogP) is 3.09. The molecule has 1 aromatic carbocycles.